The van der Waals surface area contributed by atoms with Crippen molar-refractivity contribution in [2.24, 2.45) is 0 Å². The molecule has 0 bridgehead atoms. The Balaban J connectivity index is 1.74. The van der Waals surface area contributed by atoms with Crippen LogP contribution in [0.15, 0.2) is 18.3 Å². The summed E-state index contributed by atoms with van der Waals surface area (Å²) in [7, 11) is -0.389. The molecule has 5 nitrogen and oxygen atoms in total. The van der Waals surface area contributed by atoms with E-state index >= 15 is 0 Å². The zero-order valence-corrected chi connectivity index (χ0v) is 13.1. The summed E-state index contributed by atoms with van der Waals surface area (Å²) in [5, 5.41) is 0. The third kappa shape index (κ3) is 2.93. The average Bonchev–Trinajstić information content (AvgIpc) is 2.97. The summed E-state index contributed by atoms with van der Waals surface area (Å²) in [6, 6.07) is 3.79. The summed E-state index contributed by atoms with van der Waals surface area (Å²) in [6.07, 6.45) is 2.72. The molecule has 2 fully saturated rings. The summed E-state index contributed by atoms with van der Waals surface area (Å²) < 4.78 is 23.2. The standard InChI is InChI=1S/C15H22BNO4/c1-14(2)15(3,4)21-16(20-14)11-5-7-17-13(9-11)19-12-6-8-18-10-12/h5,7,9,12H,6,8,10H2,1-4H3/t12-/m1/s1. The van der Waals surface area contributed by atoms with Crippen molar-refractivity contribution in [1.29, 1.82) is 0 Å². The zero-order chi connectivity index (χ0) is 15.1. The van der Waals surface area contributed by atoms with Gasteiger partial charge in [-0.3, -0.25) is 0 Å². The van der Waals surface area contributed by atoms with E-state index in [9.17, 15) is 0 Å². The summed E-state index contributed by atoms with van der Waals surface area (Å²) in [5.41, 5.74) is 0.236. The van der Waals surface area contributed by atoms with Gasteiger partial charge in [0.05, 0.1) is 24.4 Å². The zero-order valence-electron chi connectivity index (χ0n) is 13.1. The van der Waals surface area contributed by atoms with Gasteiger partial charge in [-0.2, -0.15) is 0 Å². The van der Waals surface area contributed by atoms with E-state index in [2.05, 4.69) is 4.98 Å². The first-order chi connectivity index (χ1) is 9.87. The van der Waals surface area contributed by atoms with Crippen LogP contribution in [0.3, 0.4) is 0 Å². The third-order valence-electron chi connectivity index (χ3n) is 4.46. The van der Waals surface area contributed by atoms with E-state index in [-0.39, 0.29) is 24.4 Å². The molecule has 3 heterocycles. The van der Waals surface area contributed by atoms with E-state index in [1.165, 1.54) is 0 Å². The maximum absolute atomic E-state index is 6.04. The number of aromatic nitrogens is 1. The summed E-state index contributed by atoms with van der Waals surface area (Å²) >= 11 is 0. The summed E-state index contributed by atoms with van der Waals surface area (Å²) in [4.78, 5) is 4.26. The molecule has 2 aliphatic rings. The van der Waals surface area contributed by atoms with Gasteiger partial charge in [-0.1, -0.05) is 0 Å². The second kappa shape index (κ2) is 5.27. The fourth-order valence-electron chi connectivity index (χ4n) is 2.39. The van der Waals surface area contributed by atoms with E-state index in [0.717, 1.165) is 18.5 Å². The minimum atomic E-state index is -0.389. The Kier molecular flexibility index (Phi) is 3.72. The molecule has 0 spiro atoms. The Bertz CT molecular complexity index is 498. The fraction of sp³-hybridized carbons (Fsp3) is 0.667. The van der Waals surface area contributed by atoms with Gasteiger partial charge in [0.15, 0.2) is 0 Å². The largest absolute Gasteiger partial charge is 0.495 e. The fourth-order valence-corrected chi connectivity index (χ4v) is 2.39. The maximum atomic E-state index is 6.04. The molecular formula is C15H22BNO4. The van der Waals surface area contributed by atoms with Crippen molar-refractivity contribution in [2.45, 2.75) is 51.4 Å². The minimum absolute atomic E-state index is 0.0889. The van der Waals surface area contributed by atoms with Gasteiger partial charge in [-0.15, -0.1) is 0 Å². The van der Waals surface area contributed by atoms with Crippen LogP contribution in [0.25, 0.3) is 0 Å². The molecule has 0 saturated carbocycles. The lowest BCUT2D eigenvalue weighted by Gasteiger charge is -2.32. The third-order valence-corrected chi connectivity index (χ3v) is 4.46. The lowest BCUT2D eigenvalue weighted by molar-refractivity contribution is 0.00578. The number of rotatable bonds is 3. The SMILES string of the molecule is CC1(C)OB(c2ccnc(O[C@@H]3CCOC3)c2)OC1(C)C. The predicted molar refractivity (Wildman–Crippen MR) is 79.8 cm³/mol. The maximum Gasteiger partial charge on any atom is 0.495 e. The van der Waals surface area contributed by atoms with Crippen molar-refractivity contribution in [3.8, 4) is 5.88 Å². The summed E-state index contributed by atoms with van der Waals surface area (Å²) in [5.74, 6) is 0.595. The first-order valence-corrected chi connectivity index (χ1v) is 7.43. The molecule has 0 amide bonds. The van der Waals surface area contributed by atoms with Crippen molar-refractivity contribution in [2.75, 3.05) is 13.2 Å². The molecule has 0 aromatic carbocycles. The van der Waals surface area contributed by atoms with Crippen LogP contribution < -0.4 is 10.2 Å². The van der Waals surface area contributed by atoms with Crippen molar-refractivity contribution in [3.63, 3.8) is 0 Å². The highest BCUT2D eigenvalue weighted by molar-refractivity contribution is 6.62. The first kappa shape index (κ1) is 14.8. The Morgan fingerprint density at radius 2 is 1.95 bits per heavy atom. The quantitative estimate of drug-likeness (QED) is 0.791. The molecule has 0 unspecified atom stereocenters. The van der Waals surface area contributed by atoms with Crippen LogP contribution in [-0.4, -0.2) is 42.6 Å². The summed E-state index contributed by atoms with van der Waals surface area (Å²) in [6.45, 7) is 9.55. The highest BCUT2D eigenvalue weighted by Gasteiger charge is 2.51. The molecule has 2 saturated heterocycles. The molecule has 1 aromatic heterocycles. The van der Waals surface area contributed by atoms with Gasteiger partial charge >= 0.3 is 7.12 Å². The Labute approximate surface area is 126 Å². The Morgan fingerprint density at radius 3 is 2.57 bits per heavy atom. The highest BCUT2D eigenvalue weighted by atomic mass is 16.7. The highest BCUT2D eigenvalue weighted by Crippen LogP contribution is 2.36. The van der Waals surface area contributed by atoms with Gasteiger partial charge in [0.2, 0.25) is 5.88 Å². The van der Waals surface area contributed by atoms with E-state index in [1.54, 1.807) is 6.20 Å². The molecule has 1 atom stereocenters. The van der Waals surface area contributed by atoms with E-state index in [4.69, 9.17) is 18.8 Å². The number of pyridine rings is 1. The van der Waals surface area contributed by atoms with Gasteiger partial charge < -0.3 is 18.8 Å². The van der Waals surface area contributed by atoms with Crippen molar-refractivity contribution < 1.29 is 18.8 Å². The lowest BCUT2D eigenvalue weighted by Crippen LogP contribution is -2.41. The van der Waals surface area contributed by atoms with Crippen LogP contribution in [0.1, 0.15) is 34.1 Å². The number of ether oxygens (including phenoxy) is 2. The molecule has 3 rings (SSSR count). The van der Waals surface area contributed by atoms with Gasteiger partial charge in [0.25, 0.3) is 0 Å². The molecule has 0 N–H and O–H groups in total. The van der Waals surface area contributed by atoms with Crippen molar-refractivity contribution in [3.05, 3.63) is 18.3 Å². The molecular weight excluding hydrogens is 269 g/mol. The van der Waals surface area contributed by atoms with Crippen LogP contribution >= 0.6 is 0 Å². The average molecular weight is 291 g/mol. The number of nitrogens with zero attached hydrogens (tertiary/aromatic N) is 1. The van der Waals surface area contributed by atoms with Crippen molar-refractivity contribution >= 4 is 12.6 Å². The molecule has 0 radical (unpaired) electrons. The Morgan fingerprint density at radius 1 is 1.24 bits per heavy atom. The molecule has 2 aliphatic heterocycles. The van der Waals surface area contributed by atoms with Crippen LogP contribution in [0.5, 0.6) is 5.88 Å². The van der Waals surface area contributed by atoms with Gasteiger partial charge in [-0.05, 0) is 39.2 Å². The van der Waals surface area contributed by atoms with Crippen LogP contribution in [0.4, 0.5) is 0 Å². The topological polar surface area (TPSA) is 49.8 Å². The Hall–Kier alpha value is -1.11. The van der Waals surface area contributed by atoms with E-state index in [1.807, 2.05) is 39.8 Å². The minimum Gasteiger partial charge on any atom is -0.472 e. The van der Waals surface area contributed by atoms with Crippen LogP contribution in [0.2, 0.25) is 0 Å². The second-order valence-electron chi connectivity index (χ2n) is 6.62. The molecule has 6 heteroatoms. The van der Waals surface area contributed by atoms with Gasteiger partial charge in [0, 0.05) is 18.7 Å². The smallest absolute Gasteiger partial charge is 0.472 e. The number of hydrogen-bond acceptors (Lipinski definition) is 5. The van der Waals surface area contributed by atoms with Crippen LogP contribution in [0, 0.1) is 0 Å². The van der Waals surface area contributed by atoms with Crippen molar-refractivity contribution in [1.82, 2.24) is 4.98 Å². The lowest BCUT2D eigenvalue weighted by atomic mass is 9.80. The molecule has 1 aromatic rings. The first-order valence-electron chi connectivity index (χ1n) is 7.43. The monoisotopic (exact) mass is 291 g/mol. The normalized spacial score (nSPS) is 27.0. The molecule has 0 aliphatic carbocycles. The second-order valence-corrected chi connectivity index (χ2v) is 6.62. The predicted octanol–water partition coefficient (Wildman–Crippen LogP) is 1.55. The van der Waals surface area contributed by atoms with Gasteiger partial charge in [0.1, 0.15) is 6.10 Å². The molecule has 21 heavy (non-hydrogen) atoms. The molecule has 114 valence electrons. The van der Waals surface area contributed by atoms with Crippen LogP contribution in [-0.2, 0) is 14.0 Å². The van der Waals surface area contributed by atoms with E-state index < -0.39 is 0 Å². The number of hydrogen-bond donors (Lipinski definition) is 0. The van der Waals surface area contributed by atoms with Gasteiger partial charge in [-0.25, -0.2) is 4.98 Å². The van der Waals surface area contributed by atoms with E-state index in [0.29, 0.717) is 12.5 Å².